The van der Waals surface area contributed by atoms with Crippen molar-refractivity contribution < 1.29 is 0 Å². The molecule has 0 bridgehead atoms. The molecule has 17 heavy (non-hydrogen) atoms. The van der Waals surface area contributed by atoms with E-state index in [-0.39, 0.29) is 0 Å². The molecule has 98 valence electrons. The van der Waals surface area contributed by atoms with Gasteiger partial charge in [0, 0.05) is 30.4 Å². The van der Waals surface area contributed by atoms with E-state index in [1.807, 2.05) is 11.7 Å². The number of hydrogen-bond acceptors (Lipinski definition) is 2. The third-order valence-corrected chi connectivity index (χ3v) is 3.71. The van der Waals surface area contributed by atoms with E-state index in [0.717, 1.165) is 5.69 Å². The maximum atomic E-state index is 4.49. The van der Waals surface area contributed by atoms with Crippen LogP contribution in [0.15, 0.2) is 0 Å². The second kappa shape index (κ2) is 5.67. The third-order valence-electron chi connectivity index (χ3n) is 3.71. The zero-order valence-corrected chi connectivity index (χ0v) is 12.3. The maximum Gasteiger partial charge on any atom is 0.0644 e. The molecule has 0 fully saturated rings. The zero-order valence-electron chi connectivity index (χ0n) is 12.3. The third kappa shape index (κ3) is 3.09. The van der Waals surface area contributed by atoms with Gasteiger partial charge in [-0.25, -0.2) is 0 Å². The summed E-state index contributed by atoms with van der Waals surface area (Å²) in [5.74, 6) is 0.666. The molecule has 0 spiro atoms. The lowest BCUT2D eigenvalue weighted by Crippen LogP contribution is -2.35. The fraction of sp³-hybridized carbons (Fsp3) is 0.786. The number of aromatic nitrogens is 2. The van der Waals surface area contributed by atoms with Gasteiger partial charge >= 0.3 is 0 Å². The van der Waals surface area contributed by atoms with Gasteiger partial charge in [-0.2, -0.15) is 5.10 Å². The average molecular weight is 237 g/mol. The molecule has 2 atom stereocenters. The molecule has 0 saturated carbocycles. The van der Waals surface area contributed by atoms with Gasteiger partial charge in [-0.1, -0.05) is 20.8 Å². The molecular formula is C14H27N3. The van der Waals surface area contributed by atoms with Crippen LogP contribution in [0.25, 0.3) is 0 Å². The Morgan fingerprint density at radius 3 is 2.18 bits per heavy atom. The normalized spacial score (nSPS) is 15.3. The first-order valence-corrected chi connectivity index (χ1v) is 6.64. The largest absolute Gasteiger partial charge is 0.307 e. The molecule has 3 nitrogen and oxygen atoms in total. The van der Waals surface area contributed by atoms with Crippen LogP contribution < -0.4 is 5.32 Å². The molecule has 3 heteroatoms. The van der Waals surface area contributed by atoms with Crippen LogP contribution in [0.1, 0.15) is 57.1 Å². The van der Waals surface area contributed by atoms with E-state index in [0.29, 0.717) is 18.0 Å². The van der Waals surface area contributed by atoms with Gasteiger partial charge in [0.05, 0.1) is 5.69 Å². The number of nitrogens with zero attached hydrogens (tertiary/aromatic N) is 2. The van der Waals surface area contributed by atoms with Crippen molar-refractivity contribution in [2.45, 2.75) is 60.0 Å². The minimum Gasteiger partial charge on any atom is -0.307 e. The predicted molar refractivity (Wildman–Crippen MR) is 73.1 cm³/mol. The summed E-state index contributed by atoms with van der Waals surface area (Å²) in [7, 11) is 2.01. The van der Waals surface area contributed by atoms with Crippen LogP contribution in [-0.4, -0.2) is 15.8 Å². The number of aryl methyl sites for hydroxylation is 2. The highest BCUT2D eigenvalue weighted by Crippen LogP contribution is 2.22. The highest BCUT2D eigenvalue weighted by molar-refractivity contribution is 5.27. The van der Waals surface area contributed by atoms with Crippen molar-refractivity contribution >= 4 is 0 Å². The molecule has 2 unspecified atom stereocenters. The molecule has 0 aliphatic rings. The van der Waals surface area contributed by atoms with Crippen LogP contribution in [0, 0.1) is 19.8 Å². The van der Waals surface area contributed by atoms with Crippen molar-refractivity contribution in [1.82, 2.24) is 15.1 Å². The van der Waals surface area contributed by atoms with Crippen molar-refractivity contribution in [2.24, 2.45) is 13.0 Å². The van der Waals surface area contributed by atoms with E-state index >= 15 is 0 Å². The smallest absolute Gasteiger partial charge is 0.0644 e. The lowest BCUT2D eigenvalue weighted by Gasteiger charge is -2.25. The molecule has 0 saturated heterocycles. The number of nitrogens with one attached hydrogen (secondary N) is 1. The molecule has 0 aliphatic carbocycles. The molecule has 1 heterocycles. The molecule has 0 radical (unpaired) electrons. The monoisotopic (exact) mass is 237 g/mol. The molecule has 1 rings (SSSR count). The average Bonchev–Trinajstić information content (AvgIpc) is 2.49. The molecule has 1 N–H and O–H groups in total. The summed E-state index contributed by atoms with van der Waals surface area (Å²) in [4.78, 5) is 0. The standard InChI is InChI=1S/C14H27N3/c1-8-13(9(2)3)15-10(4)14-11(5)16-17(7)12(14)6/h9-10,13,15H,8H2,1-7H3. The highest BCUT2D eigenvalue weighted by atomic mass is 15.3. The summed E-state index contributed by atoms with van der Waals surface area (Å²) in [5.41, 5.74) is 3.76. The lowest BCUT2D eigenvalue weighted by molar-refractivity contribution is 0.355. The Morgan fingerprint density at radius 2 is 1.82 bits per heavy atom. The van der Waals surface area contributed by atoms with Crippen LogP contribution in [0.3, 0.4) is 0 Å². The Hall–Kier alpha value is -0.830. The van der Waals surface area contributed by atoms with Gasteiger partial charge in [0.1, 0.15) is 0 Å². The van der Waals surface area contributed by atoms with Crippen LogP contribution in [-0.2, 0) is 7.05 Å². The van der Waals surface area contributed by atoms with E-state index < -0.39 is 0 Å². The van der Waals surface area contributed by atoms with Gasteiger partial charge in [0.25, 0.3) is 0 Å². The van der Waals surface area contributed by atoms with E-state index in [2.05, 4.69) is 52.0 Å². The number of rotatable bonds is 5. The van der Waals surface area contributed by atoms with Crippen LogP contribution >= 0.6 is 0 Å². The van der Waals surface area contributed by atoms with Gasteiger partial charge in [-0.3, -0.25) is 4.68 Å². The first-order chi connectivity index (χ1) is 7.88. The van der Waals surface area contributed by atoms with Gasteiger partial charge in [-0.15, -0.1) is 0 Å². The molecular weight excluding hydrogens is 210 g/mol. The van der Waals surface area contributed by atoms with Gasteiger partial charge in [0.15, 0.2) is 0 Å². The van der Waals surface area contributed by atoms with Crippen LogP contribution in [0.5, 0.6) is 0 Å². The van der Waals surface area contributed by atoms with E-state index in [9.17, 15) is 0 Å². The Morgan fingerprint density at radius 1 is 1.24 bits per heavy atom. The minimum absolute atomic E-state index is 0.371. The van der Waals surface area contributed by atoms with Crippen molar-refractivity contribution in [1.29, 1.82) is 0 Å². The Kier molecular flexibility index (Phi) is 4.75. The summed E-state index contributed by atoms with van der Waals surface area (Å²) in [5, 5.41) is 8.21. The summed E-state index contributed by atoms with van der Waals surface area (Å²) in [6.45, 7) is 13.3. The van der Waals surface area contributed by atoms with Crippen molar-refractivity contribution in [3.8, 4) is 0 Å². The van der Waals surface area contributed by atoms with E-state index in [1.165, 1.54) is 17.7 Å². The van der Waals surface area contributed by atoms with E-state index in [1.54, 1.807) is 0 Å². The van der Waals surface area contributed by atoms with Gasteiger partial charge < -0.3 is 5.32 Å². The molecule has 0 amide bonds. The quantitative estimate of drug-likeness (QED) is 0.852. The predicted octanol–water partition coefficient (Wildman–Crippen LogP) is 3.12. The topological polar surface area (TPSA) is 29.9 Å². The van der Waals surface area contributed by atoms with Crippen molar-refractivity contribution in [3.63, 3.8) is 0 Å². The van der Waals surface area contributed by atoms with E-state index in [4.69, 9.17) is 0 Å². The zero-order chi connectivity index (χ0) is 13.2. The Balaban J connectivity index is 2.85. The fourth-order valence-corrected chi connectivity index (χ4v) is 2.60. The second-order valence-electron chi connectivity index (χ2n) is 5.36. The highest BCUT2D eigenvalue weighted by Gasteiger charge is 2.20. The first kappa shape index (κ1) is 14.2. The molecule has 1 aromatic heterocycles. The van der Waals surface area contributed by atoms with Gasteiger partial charge in [-0.05, 0) is 33.1 Å². The Bertz CT molecular complexity index is 366. The molecule has 1 aromatic rings. The summed E-state index contributed by atoms with van der Waals surface area (Å²) in [6.07, 6.45) is 1.17. The minimum atomic E-state index is 0.371. The maximum absolute atomic E-state index is 4.49. The summed E-state index contributed by atoms with van der Waals surface area (Å²) in [6, 6.07) is 0.944. The molecule has 0 aliphatic heterocycles. The number of hydrogen-bond donors (Lipinski definition) is 1. The van der Waals surface area contributed by atoms with Gasteiger partial charge in [0.2, 0.25) is 0 Å². The van der Waals surface area contributed by atoms with Crippen LogP contribution in [0.2, 0.25) is 0 Å². The molecule has 0 aromatic carbocycles. The van der Waals surface area contributed by atoms with Crippen molar-refractivity contribution in [3.05, 3.63) is 17.0 Å². The summed E-state index contributed by atoms with van der Waals surface area (Å²) >= 11 is 0. The van der Waals surface area contributed by atoms with Crippen LogP contribution in [0.4, 0.5) is 0 Å². The first-order valence-electron chi connectivity index (χ1n) is 6.64. The second-order valence-corrected chi connectivity index (χ2v) is 5.36. The Labute approximate surface area is 106 Å². The fourth-order valence-electron chi connectivity index (χ4n) is 2.60. The SMILES string of the molecule is CCC(NC(C)c1c(C)nn(C)c1C)C(C)C. The summed E-state index contributed by atoms with van der Waals surface area (Å²) < 4.78 is 1.97. The lowest BCUT2D eigenvalue weighted by atomic mass is 9.98. The van der Waals surface area contributed by atoms with Crippen molar-refractivity contribution in [2.75, 3.05) is 0 Å².